The molecule has 0 aliphatic carbocycles. The third kappa shape index (κ3) is 9.02. The number of thiocarbonyl (C=S) groups is 2. The van der Waals surface area contributed by atoms with Gasteiger partial charge in [0.15, 0.2) is 10.2 Å². The van der Waals surface area contributed by atoms with Gasteiger partial charge in [-0.2, -0.15) is 26.3 Å². The molecule has 42 heavy (non-hydrogen) atoms. The van der Waals surface area contributed by atoms with E-state index in [-0.39, 0.29) is 10.2 Å². The largest absolute Gasteiger partial charge is 0.416 e. The van der Waals surface area contributed by atoms with Crippen molar-refractivity contribution < 1.29 is 26.3 Å². The van der Waals surface area contributed by atoms with Crippen molar-refractivity contribution in [2.75, 3.05) is 21.3 Å². The van der Waals surface area contributed by atoms with Crippen LogP contribution < -0.4 is 21.3 Å². The maximum atomic E-state index is 12.8. The highest BCUT2D eigenvalue weighted by atomic mass is 33.1. The van der Waals surface area contributed by atoms with Gasteiger partial charge in [-0.1, -0.05) is 45.9 Å². The van der Waals surface area contributed by atoms with Crippen LogP contribution in [-0.4, -0.2) is 10.2 Å². The Morgan fingerprint density at radius 2 is 0.810 bits per heavy atom. The number of hydrogen-bond acceptors (Lipinski definition) is 4. The summed E-state index contributed by atoms with van der Waals surface area (Å²) in [6.45, 7) is 0. The van der Waals surface area contributed by atoms with Crippen molar-refractivity contribution in [3.05, 3.63) is 108 Å². The molecule has 0 amide bonds. The fourth-order valence-corrected chi connectivity index (χ4v) is 6.16. The Hall–Kier alpha value is -3.46. The zero-order valence-electron chi connectivity index (χ0n) is 21.1. The van der Waals surface area contributed by atoms with E-state index in [0.717, 1.165) is 34.1 Å². The predicted molar refractivity (Wildman–Crippen MR) is 167 cm³/mol. The van der Waals surface area contributed by atoms with Crippen LogP contribution in [0.5, 0.6) is 0 Å². The lowest BCUT2D eigenvalue weighted by molar-refractivity contribution is -0.138. The van der Waals surface area contributed by atoms with Crippen LogP contribution in [0.3, 0.4) is 0 Å². The van der Waals surface area contributed by atoms with Crippen molar-refractivity contribution >= 4 is 79.0 Å². The molecule has 0 spiro atoms. The molecule has 4 aromatic carbocycles. The second-order valence-corrected chi connectivity index (χ2v) is 11.5. The molecule has 4 nitrogen and oxygen atoms in total. The van der Waals surface area contributed by atoms with E-state index in [0.29, 0.717) is 22.7 Å². The molecule has 4 N–H and O–H groups in total. The van der Waals surface area contributed by atoms with Crippen LogP contribution >= 0.6 is 46.0 Å². The number of anilines is 4. The van der Waals surface area contributed by atoms with Crippen LogP contribution in [-0.2, 0) is 12.4 Å². The van der Waals surface area contributed by atoms with Crippen molar-refractivity contribution in [3.8, 4) is 0 Å². The van der Waals surface area contributed by atoms with E-state index in [2.05, 4.69) is 21.3 Å². The van der Waals surface area contributed by atoms with Gasteiger partial charge in [0.1, 0.15) is 0 Å². The highest BCUT2D eigenvalue weighted by Crippen LogP contribution is 2.43. The Morgan fingerprint density at radius 1 is 0.476 bits per heavy atom. The van der Waals surface area contributed by atoms with E-state index in [4.69, 9.17) is 24.4 Å². The number of para-hydroxylation sites is 2. The number of hydrogen-bond donors (Lipinski definition) is 4. The minimum absolute atomic E-state index is 0.203. The number of halogens is 6. The van der Waals surface area contributed by atoms with Crippen molar-refractivity contribution in [1.82, 2.24) is 0 Å². The van der Waals surface area contributed by atoms with E-state index in [9.17, 15) is 26.3 Å². The average Bonchev–Trinajstić information content (AvgIpc) is 2.93. The summed E-state index contributed by atoms with van der Waals surface area (Å²) in [4.78, 5) is 1.67. The van der Waals surface area contributed by atoms with Gasteiger partial charge in [-0.3, -0.25) is 0 Å². The van der Waals surface area contributed by atoms with E-state index in [1.54, 1.807) is 0 Å². The molecule has 218 valence electrons. The van der Waals surface area contributed by atoms with Crippen molar-refractivity contribution in [3.63, 3.8) is 0 Å². The first kappa shape index (κ1) is 31.5. The van der Waals surface area contributed by atoms with Gasteiger partial charge in [0, 0.05) is 21.2 Å². The third-order valence-corrected chi connectivity index (χ3v) is 8.32. The van der Waals surface area contributed by atoms with Gasteiger partial charge in [-0.15, -0.1) is 0 Å². The molecule has 0 atom stereocenters. The molecule has 4 aromatic rings. The Balaban J connectivity index is 1.36. The molecule has 0 unspecified atom stereocenters. The Labute approximate surface area is 256 Å². The summed E-state index contributed by atoms with van der Waals surface area (Å²) in [6.07, 6.45) is -8.85. The van der Waals surface area contributed by atoms with Gasteiger partial charge < -0.3 is 21.3 Å². The molecule has 0 aromatic heterocycles. The monoisotopic (exact) mass is 654 g/mol. The van der Waals surface area contributed by atoms with Crippen LogP contribution in [0.2, 0.25) is 0 Å². The quantitative estimate of drug-likeness (QED) is 0.0893. The van der Waals surface area contributed by atoms with Gasteiger partial charge in [0.25, 0.3) is 0 Å². The molecule has 0 heterocycles. The number of rotatable bonds is 7. The first-order valence-corrected chi connectivity index (χ1v) is 14.9. The predicted octanol–water partition coefficient (Wildman–Crippen LogP) is 10.1. The fourth-order valence-electron chi connectivity index (χ4n) is 3.43. The van der Waals surface area contributed by atoms with Crippen LogP contribution in [0.1, 0.15) is 11.1 Å². The Morgan fingerprint density at radius 3 is 1.14 bits per heavy atom. The highest BCUT2D eigenvalue weighted by Gasteiger charge is 2.30. The molecule has 0 fully saturated rings. The molecule has 0 bridgehead atoms. The molecule has 0 saturated heterocycles. The number of benzene rings is 4. The maximum absolute atomic E-state index is 12.8. The van der Waals surface area contributed by atoms with Gasteiger partial charge in [0.05, 0.1) is 22.5 Å². The maximum Gasteiger partial charge on any atom is 0.416 e. The molecule has 0 radical (unpaired) electrons. The second-order valence-electron chi connectivity index (χ2n) is 8.47. The molecular formula is C28H20F6N4S4. The lowest BCUT2D eigenvalue weighted by atomic mass is 10.2. The molecule has 0 aliphatic rings. The number of alkyl halides is 6. The first-order valence-electron chi connectivity index (χ1n) is 11.9. The summed E-state index contributed by atoms with van der Waals surface area (Å²) in [5.74, 6) is 0. The lowest BCUT2D eigenvalue weighted by Gasteiger charge is -2.16. The minimum atomic E-state index is -4.42. The molecule has 14 heteroatoms. The van der Waals surface area contributed by atoms with Crippen LogP contribution in [0.15, 0.2) is 107 Å². The van der Waals surface area contributed by atoms with Crippen molar-refractivity contribution in [2.24, 2.45) is 0 Å². The SMILES string of the molecule is FC(F)(F)c1ccc(NC(=S)Nc2ccccc2SSc2ccccc2NC(=S)Nc2ccc(C(F)(F)F)cc2)cc1. The van der Waals surface area contributed by atoms with Gasteiger partial charge in [0.2, 0.25) is 0 Å². The summed E-state index contributed by atoms with van der Waals surface area (Å²) in [5, 5.41) is 12.3. The topological polar surface area (TPSA) is 48.1 Å². The van der Waals surface area contributed by atoms with Crippen molar-refractivity contribution in [1.29, 1.82) is 0 Å². The number of nitrogens with one attached hydrogen (secondary N) is 4. The van der Waals surface area contributed by atoms with E-state index >= 15 is 0 Å². The normalized spacial score (nSPS) is 11.5. The minimum Gasteiger partial charge on any atom is -0.332 e. The van der Waals surface area contributed by atoms with Crippen molar-refractivity contribution in [2.45, 2.75) is 22.1 Å². The average molecular weight is 655 g/mol. The van der Waals surface area contributed by atoms with Crippen LogP contribution in [0.25, 0.3) is 0 Å². The molecular weight excluding hydrogens is 635 g/mol. The second kappa shape index (κ2) is 13.7. The van der Waals surface area contributed by atoms with E-state index < -0.39 is 23.5 Å². The van der Waals surface area contributed by atoms with Crippen LogP contribution in [0, 0.1) is 0 Å². The Bertz CT molecular complexity index is 1430. The fraction of sp³-hybridized carbons (Fsp3) is 0.0714. The molecule has 0 aliphatic heterocycles. The van der Waals surface area contributed by atoms with Crippen LogP contribution in [0.4, 0.5) is 49.1 Å². The smallest absolute Gasteiger partial charge is 0.332 e. The summed E-state index contributed by atoms with van der Waals surface area (Å²) < 4.78 is 76.9. The van der Waals surface area contributed by atoms with E-state index in [1.807, 2.05) is 48.5 Å². The summed E-state index contributed by atoms with van der Waals surface area (Å²) in [6, 6.07) is 23.8. The summed E-state index contributed by atoms with van der Waals surface area (Å²) in [7, 11) is 2.87. The third-order valence-electron chi connectivity index (χ3n) is 5.43. The molecule has 4 rings (SSSR count). The zero-order valence-corrected chi connectivity index (χ0v) is 24.4. The lowest BCUT2D eigenvalue weighted by Crippen LogP contribution is -2.19. The zero-order chi connectivity index (χ0) is 30.3. The summed E-state index contributed by atoms with van der Waals surface area (Å²) >= 11 is 10.7. The van der Waals surface area contributed by atoms with Gasteiger partial charge in [-0.05, 0) is 97.2 Å². The van der Waals surface area contributed by atoms with Gasteiger partial charge >= 0.3 is 12.4 Å². The Kier molecular flexibility index (Phi) is 10.2. The highest BCUT2D eigenvalue weighted by molar-refractivity contribution is 8.76. The first-order chi connectivity index (χ1) is 19.9. The summed E-state index contributed by atoms with van der Waals surface area (Å²) in [5.41, 5.74) is 0.670. The van der Waals surface area contributed by atoms with Gasteiger partial charge in [-0.25, -0.2) is 0 Å². The standard InChI is InChI=1S/C28H20F6N4S4/c29-27(30,31)17-9-13-19(14-10-17)35-25(39)37-21-5-1-3-7-23(21)41-42-24-8-4-2-6-22(24)38-26(40)36-20-15-11-18(12-16-20)28(32,33)34/h1-16H,(H2,35,37,39)(H2,36,38,40). The molecule has 0 saturated carbocycles. The van der Waals surface area contributed by atoms with E-state index in [1.165, 1.54) is 45.9 Å².